The van der Waals surface area contributed by atoms with Gasteiger partial charge in [0.05, 0.1) is 6.04 Å². The predicted octanol–water partition coefficient (Wildman–Crippen LogP) is 6.34. The van der Waals surface area contributed by atoms with Crippen LogP contribution in [0, 0.1) is 0 Å². The van der Waals surface area contributed by atoms with Crippen molar-refractivity contribution in [2.75, 3.05) is 5.32 Å². The van der Waals surface area contributed by atoms with Gasteiger partial charge >= 0.3 is 0 Å². The minimum atomic E-state index is 0.0914. The van der Waals surface area contributed by atoms with E-state index < -0.39 is 0 Å². The highest BCUT2D eigenvalue weighted by atomic mass is 35.5. The maximum absolute atomic E-state index is 6.00. The molecule has 24 heavy (non-hydrogen) atoms. The van der Waals surface area contributed by atoms with Gasteiger partial charge in [-0.15, -0.1) is 0 Å². The highest BCUT2D eigenvalue weighted by molar-refractivity contribution is 7.80. The quantitative estimate of drug-likeness (QED) is 0.607. The Labute approximate surface area is 159 Å². The molecule has 0 radical (unpaired) electrons. The smallest absolute Gasteiger partial charge is 0.171 e. The first kappa shape index (κ1) is 19.0. The van der Waals surface area contributed by atoms with Gasteiger partial charge in [-0.25, -0.2) is 0 Å². The standard InChI is InChI=1S/C19H22Cl2N2S/c1-12(13-5-7-14(8-6-13)19(2,3)4)22-18(24)23-17-10-15(20)9-16(21)11-17/h5-12H,1-4H3,(H2,22,23,24). The fourth-order valence-corrected chi connectivity index (χ4v) is 3.17. The molecule has 0 saturated carbocycles. The summed E-state index contributed by atoms with van der Waals surface area (Å²) in [6.07, 6.45) is 0. The van der Waals surface area contributed by atoms with E-state index in [4.69, 9.17) is 35.4 Å². The molecular formula is C19H22Cl2N2S. The fraction of sp³-hybridized carbons (Fsp3) is 0.316. The summed E-state index contributed by atoms with van der Waals surface area (Å²) in [4.78, 5) is 0. The molecule has 2 rings (SSSR count). The molecule has 2 N–H and O–H groups in total. The van der Waals surface area contributed by atoms with Gasteiger partial charge in [-0.05, 0) is 53.9 Å². The third-order valence-corrected chi connectivity index (χ3v) is 4.40. The van der Waals surface area contributed by atoms with Gasteiger partial charge in [-0.3, -0.25) is 0 Å². The molecule has 2 aromatic carbocycles. The van der Waals surface area contributed by atoms with Crippen LogP contribution in [0.25, 0.3) is 0 Å². The highest BCUT2D eigenvalue weighted by Gasteiger charge is 2.14. The molecule has 0 saturated heterocycles. The lowest BCUT2D eigenvalue weighted by Gasteiger charge is -2.21. The van der Waals surface area contributed by atoms with E-state index in [1.165, 1.54) is 11.1 Å². The van der Waals surface area contributed by atoms with Gasteiger partial charge in [0.1, 0.15) is 0 Å². The molecule has 0 aliphatic carbocycles. The lowest BCUT2D eigenvalue weighted by molar-refractivity contribution is 0.589. The first-order valence-corrected chi connectivity index (χ1v) is 8.95. The summed E-state index contributed by atoms with van der Waals surface area (Å²) in [5.41, 5.74) is 3.40. The molecule has 1 atom stereocenters. The van der Waals surface area contributed by atoms with Crippen molar-refractivity contribution in [1.29, 1.82) is 0 Å². The molecule has 5 heteroatoms. The van der Waals surface area contributed by atoms with E-state index in [-0.39, 0.29) is 11.5 Å². The van der Waals surface area contributed by atoms with E-state index in [9.17, 15) is 0 Å². The SMILES string of the molecule is CC(NC(=S)Nc1cc(Cl)cc(Cl)c1)c1ccc(C(C)(C)C)cc1. The van der Waals surface area contributed by atoms with E-state index in [1.807, 2.05) is 0 Å². The first-order chi connectivity index (χ1) is 11.1. The Bertz CT molecular complexity index is 701. The van der Waals surface area contributed by atoms with Crippen LogP contribution in [-0.2, 0) is 5.41 Å². The van der Waals surface area contributed by atoms with Crippen molar-refractivity contribution in [1.82, 2.24) is 5.32 Å². The number of rotatable bonds is 3. The molecule has 2 nitrogen and oxygen atoms in total. The number of thiocarbonyl (C=S) groups is 1. The van der Waals surface area contributed by atoms with E-state index in [2.05, 4.69) is 62.6 Å². The number of hydrogen-bond donors (Lipinski definition) is 2. The summed E-state index contributed by atoms with van der Waals surface area (Å²) in [7, 11) is 0. The lowest BCUT2D eigenvalue weighted by Crippen LogP contribution is -2.30. The second kappa shape index (κ2) is 7.73. The minimum absolute atomic E-state index is 0.0914. The van der Waals surface area contributed by atoms with Crippen LogP contribution >= 0.6 is 35.4 Å². The average molecular weight is 381 g/mol. The van der Waals surface area contributed by atoms with Crippen LogP contribution in [0.15, 0.2) is 42.5 Å². The van der Waals surface area contributed by atoms with Crippen molar-refractivity contribution in [2.24, 2.45) is 0 Å². The summed E-state index contributed by atoms with van der Waals surface area (Å²) >= 11 is 17.4. The Morgan fingerprint density at radius 1 is 1.00 bits per heavy atom. The molecule has 2 aromatic rings. The monoisotopic (exact) mass is 380 g/mol. The van der Waals surface area contributed by atoms with Crippen molar-refractivity contribution in [3.05, 3.63) is 63.6 Å². The topological polar surface area (TPSA) is 24.1 Å². The molecule has 0 aromatic heterocycles. The maximum Gasteiger partial charge on any atom is 0.171 e. The Morgan fingerprint density at radius 3 is 2.04 bits per heavy atom. The molecule has 0 fully saturated rings. The van der Waals surface area contributed by atoms with Crippen LogP contribution < -0.4 is 10.6 Å². The third-order valence-electron chi connectivity index (χ3n) is 3.74. The van der Waals surface area contributed by atoms with Crippen LogP contribution in [0.3, 0.4) is 0 Å². The number of benzene rings is 2. The van der Waals surface area contributed by atoms with Gasteiger partial charge < -0.3 is 10.6 Å². The van der Waals surface area contributed by atoms with Gasteiger partial charge in [0, 0.05) is 15.7 Å². The summed E-state index contributed by atoms with van der Waals surface area (Å²) in [5, 5.41) is 8.05. The number of halogens is 2. The zero-order valence-electron chi connectivity index (χ0n) is 14.3. The lowest BCUT2D eigenvalue weighted by atomic mass is 9.86. The van der Waals surface area contributed by atoms with E-state index in [0.717, 1.165) is 5.69 Å². The van der Waals surface area contributed by atoms with E-state index in [0.29, 0.717) is 15.2 Å². The summed E-state index contributed by atoms with van der Waals surface area (Å²) < 4.78 is 0. The van der Waals surface area contributed by atoms with E-state index >= 15 is 0 Å². The highest BCUT2D eigenvalue weighted by Crippen LogP contribution is 2.25. The molecule has 0 aliphatic rings. The zero-order chi connectivity index (χ0) is 17.9. The first-order valence-electron chi connectivity index (χ1n) is 7.79. The molecule has 0 heterocycles. The summed E-state index contributed by atoms with van der Waals surface area (Å²) in [6, 6.07) is 13.9. The van der Waals surface area contributed by atoms with Crippen LogP contribution in [-0.4, -0.2) is 5.11 Å². The van der Waals surface area contributed by atoms with Crippen molar-refractivity contribution in [3.8, 4) is 0 Å². The summed E-state index contributed by atoms with van der Waals surface area (Å²) in [6.45, 7) is 8.70. The number of anilines is 1. The normalized spacial score (nSPS) is 12.6. The largest absolute Gasteiger partial charge is 0.356 e. The van der Waals surface area contributed by atoms with Crippen molar-refractivity contribution in [2.45, 2.75) is 39.2 Å². The molecule has 0 bridgehead atoms. The third kappa shape index (κ3) is 5.37. The van der Waals surface area contributed by atoms with Gasteiger partial charge in [0.2, 0.25) is 0 Å². The van der Waals surface area contributed by atoms with Crippen molar-refractivity contribution < 1.29 is 0 Å². The number of nitrogens with one attached hydrogen (secondary N) is 2. The zero-order valence-corrected chi connectivity index (χ0v) is 16.6. The molecule has 0 aliphatic heterocycles. The van der Waals surface area contributed by atoms with Crippen molar-refractivity contribution >= 4 is 46.2 Å². The van der Waals surface area contributed by atoms with Crippen molar-refractivity contribution in [3.63, 3.8) is 0 Å². The van der Waals surface area contributed by atoms with Gasteiger partial charge in [-0.1, -0.05) is 68.2 Å². The summed E-state index contributed by atoms with van der Waals surface area (Å²) in [5.74, 6) is 0. The fourth-order valence-electron chi connectivity index (χ4n) is 2.34. The predicted molar refractivity (Wildman–Crippen MR) is 109 cm³/mol. The Hall–Kier alpha value is -1.29. The van der Waals surface area contributed by atoms with Crippen LogP contribution in [0.4, 0.5) is 5.69 Å². The molecule has 128 valence electrons. The second-order valence-corrected chi connectivity index (χ2v) is 8.13. The van der Waals surface area contributed by atoms with Crippen LogP contribution in [0.1, 0.15) is 44.9 Å². The van der Waals surface area contributed by atoms with Gasteiger partial charge in [-0.2, -0.15) is 0 Å². The van der Waals surface area contributed by atoms with Crippen LogP contribution in [0.5, 0.6) is 0 Å². The Kier molecular flexibility index (Phi) is 6.13. The Balaban J connectivity index is 2.00. The molecule has 0 amide bonds. The second-order valence-electron chi connectivity index (χ2n) is 6.85. The molecular weight excluding hydrogens is 359 g/mol. The van der Waals surface area contributed by atoms with E-state index in [1.54, 1.807) is 18.2 Å². The average Bonchev–Trinajstić information content (AvgIpc) is 2.45. The van der Waals surface area contributed by atoms with Gasteiger partial charge in [0.25, 0.3) is 0 Å². The maximum atomic E-state index is 6.00. The Morgan fingerprint density at radius 2 is 1.54 bits per heavy atom. The van der Waals surface area contributed by atoms with Gasteiger partial charge in [0.15, 0.2) is 5.11 Å². The molecule has 0 spiro atoms. The molecule has 1 unspecified atom stereocenters. The number of hydrogen-bond acceptors (Lipinski definition) is 1. The minimum Gasteiger partial charge on any atom is -0.356 e. The van der Waals surface area contributed by atoms with Crippen LogP contribution in [0.2, 0.25) is 10.0 Å².